The van der Waals surface area contributed by atoms with Crippen molar-refractivity contribution in [3.63, 3.8) is 0 Å². The summed E-state index contributed by atoms with van der Waals surface area (Å²) in [7, 11) is 0. The number of rotatable bonds is 4. The molecule has 0 N–H and O–H groups in total. The Balaban J connectivity index is 3.12. The minimum absolute atomic E-state index is 0.0372. The predicted molar refractivity (Wildman–Crippen MR) is 54.1 cm³/mol. The molecule has 3 nitrogen and oxygen atoms in total. The van der Waals surface area contributed by atoms with Crippen LogP contribution in [-0.2, 0) is 5.88 Å². The third-order valence-electron chi connectivity index (χ3n) is 2.49. The molecule has 1 heterocycles. The average molecular weight is 238 g/mol. The highest BCUT2D eigenvalue weighted by molar-refractivity contribution is 6.16. The molecule has 0 spiro atoms. The van der Waals surface area contributed by atoms with E-state index < -0.39 is 6.43 Å². The van der Waals surface area contributed by atoms with Crippen molar-refractivity contribution in [1.82, 2.24) is 15.0 Å². The van der Waals surface area contributed by atoms with Crippen molar-refractivity contribution < 1.29 is 8.78 Å². The van der Waals surface area contributed by atoms with E-state index in [9.17, 15) is 8.78 Å². The van der Waals surface area contributed by atoms with Crippen molar-refractivity contribution in [2.75, 3.05) is 0 Å². The zero-order chi connectivity index (χ0) is 11.6. The Kier molecular flexibility index (Phi) is 4.02. The van der Waals surface area contributed by atoms with Gasteiger partial charge in [0.1, 0.15) is 11.4 Å². The summed E-state index contributed by atoms with van der Waals surface area (Å²) in [5, 5.41) is 7.39. The first kappa shape index (κ1) is 12.4. The van der Waals surface area contributed by atoms with E-state index in [-0.39, 0.29) is 29.2 Å². The molecular formula is C9H14ClF2N3. The fourth-order valence-electron chi connectivity index (χ4n) is 1.24. The number of halogens is 3. The summed E-state index contributed by atoms with van der Waals surface area (Å²) in [4.78, 5) is 0. The van der Waals surface area contributed by atoms with Gasteiger partial charge in [-0.1, -0.05) is 19.1 Å². The molecule has 0 aliphatic rings. The van der Waals surface area contributed by atoms with Crippen LogP contribution in [0.3, 0.4) is 0 Å². The van der Waals surface area contributed by atoms with Gasteiger partial charge >= 0.3 is 0 Å². The molecule has 0 fully saturated rings. The molecule has 0 saturated carbocycles. The van der Waals surface area contributed by atoms with Crippen LogP contribution >= 0.6 is 11.6 Å². The van der Waals surface area contributed by atoms with E-state index in [4.69, 9.17) is 11.6 Å². The molecule has 1 unspecified atom stereocenters. The van der Waals surface area contributed by atoms with E-state index in [2.05, 4.69) is 10.3 Å². The lowest BCUT2D eigenvalue weighted by Crippen LogP contribution is -2.16. The second kappa shape index (κ2) is 4.88. The third kappa shape index (κ3) is 2.45. The summed E-state index contributed by atoms with van der Waals surface area (Å²) < 4.78 is 26.8. The van der Waals surface area contributed by atoms with Crippen LogP contribution in [0.2, 0.25) is 0 Å². The maximum Gasteiger partial charge on any atom is 0.281 e. The van der Waals surface area contributed by atoms with Crippen molar-refractivity contribution >= 4 is 11.6 Å². The van der Waals surface area contributed by atoms with Crippen molar-refractivity contribution in [2.45, 2.75) is 39.1 Å². The maximum atomic E-state index is 12.8. The number of hydrogen-bond donors (Lipinski definition) is 0. The standard InChI is InChI=1S/C9H14ClF2N3/c1-5(2)6(3)15-8(9(11)12)7(4-10)13-14-15/h5-6,9H,4H2,1-3H3. The summed E-state index contributed by atoms with van der Waals surface area (Å²) in [6.07, 6.45) is -2.59. The number of hydrogen-bond acceptors (Lipinski definition) is 2. The van der Waals surface area contributed by atoms with Crippen LogP contribution in [0.5, 0.6) is 0 Å². The Morgan fingerprint density at radius 2 is 1.93 bits per heavy atom. The summed E-state index contributed by atoms with van der Waals surface area (Å²) >= 11 is 5.52. The molecule has 0 aliphatic heterocycles. The fourth-order valence-corrected chi connectivity index (χ4v) is 1.43. The Morgan fingerprint density at radius 3 is 2.33 bits per heavy atom. The van der Waals surface area contributed by atoms with Gasteiger partial charge in [0.2, 0.25) is 0 Å². The molecule has 0 aromatic carbocycles. The summed E-state index contributed by atoms with van der Waals surface area (Å²) in [5.41, 5.74) is 0.00497. The van der Waals surface area contributed by atoms with Gasteiger partial charge < -0.3 is 0 Å². The highest BCUT2D eigenvalue weighted by atomic mass is 35.5. The second-order valence-corrected chi connectivity index (χ2v) is 4.05. The van der Waals surface area contributed by atoms with Crippen LogP contribution in [0, 0.1) is 5.92 Å². The molecule has 1 rings (SSSR count). The summed E-state index contributed by atoms with van der Waals surface area (Å²) in [6, 6.07) is -0.113. The van der Waals surface area contributed by atoms with Gasteiger partial charge in [0.05, 0.1) is 11.9 Å². The highest BCUT2D eigenvalue weighted by Gasteiger charge is 2.24. The fraction of sp³-hybridized carbons (Fsp3) is 0.778. The number of nitrogens with zero attached hydrogens (tertiary/aromatic N) is 3. The number of alkyl halides is 3. The van der Waals surface area contributed by atoms with Crippen molar-refractivity contribution in [2.24, 2.45) is 5.92 Å². The number of aromatic nitrogens is 3. The molecule has 0 saturated heterocycles. The quantitative estimate of drug-likeness (QED) is 0.753. The second-order valence-electron chi connectivity index (χ2n) is 3.78. The van der Waals surface area contributed by atoms with E-state index in [0.29, 0.717) is 0 Å². The van der Waals surface area contributed by atoms with E-state index in [1.807, 2.05) is 20.8 Å². The molecule has 1 atom stereocenters. The van der Waals surface area contributed by atoms with E-state index in [1.54, 1.807) is 0 Å². The molecule has 0 bridgehead atoms. The SMILES string of the molecule is CC(C)C(C)n1nnc(CCl)c1C(F)F. The summed E-state index contributed by atoms with van der Waals surface area (Å²) in [5.74, 6) is 0.178. The third-order valence-corrected chi connectivity index (χ3v) is 2.74. The first-order chi connectivity index (χ1) is 6.99. The maximum absolute atomic E-state index is 12.8. The van der Waals surface area contributed by atoms with Gasteiger partial charge in [0, 0.05) is 0 Å². The van der Waals surface area contributed by atoms with Gasteiger partial charge in [-0.25, -0.2) is 13.5 Å². The minimum atomic E-state index is -2.59. The molecule has 86 valence electrons. The highest BCUT2D eigenvalue weighted by Crippen LogP contribution is 2.27. The smallest absolute Gasteiger partial charge is 0.240 e. The Morgan fingerprint density at radius 1 is 1.33 bits per heavy atom. The Hall–Kier alpha value is -0.710. The Labute approximate surface area is 92.4 Å². The van der Waals surface area contributed by atoms with Gasteiger partial charge in [0.15, 0.2) is 0 Å². The van der Waals surface area contributed by atoms with Crippen molar-refractivity contribution in [3.05, 3.63) is 11.4 Å². The van der Waals surface area contributed by atoms with Crippen LogP contribution in [-0.4, -0.2) is 15.0 Å². The van der Waals surface area contributed by atoms with E-state index in [1.165, 1.54) is 4.68 Å². The predicted octanol–water partition coefficient (Wildman–Crippen LogP) is 3.17. The molecule has 1 aromatic heterocycles. The zero-order valence-electron chi connectivity index (χ0n) is 8.91. The molecule has 0 amide bonds. The molecule has 15 heavy (non-hydrogen) atoms. The molecule has 0 radical (unpaired) electrons. The van der Waals surface area contributed by atoms with Crippen LogP contribution in [0.4, 0.5) is 8.78 Å². The van der Waals surface area contributed by atoms with Gasteiger partial charge in [-0.3, -0.25) is 0 Å². The summed E-state index contributed by atoms with van der Waals surface area (Å²) in [6.45, 7) is 5.73. The monoisotopic (exact) mass is 237 g/mol. The largest absolute Gasteiger partial charge is 0.281 e. The molecule has 0 aliphatic carbocycles. The first-order valence-corrected chi connectivity index (χ1v) is 5.30. The van der Waals surface area contributed by atoms with E-state index >= 15 is 0 Å². The first-order valence-electron chi connectivity index (χ1n) is 4.77. The normalized spacial score (nSPS) is 13.9. The Bertz CT molecular complexity index is 325. The van der Waals surface area contributed by atoms with Crippen LogP contribution < -0.4 is 0 Å². The molecular weight excluding hydrogens is 224 g/mol. The van der Waals surface area contributed by atoms with E-state index in [0.717, 1.165) is 0 Å². The topological polar surface area (TPSA) is 30.7 Å². The van der Waals surface area contributed by atoms with Crippen LogP contribution in [0.25, 0.3) is 0 Å². The van der Waals surface area contributed by atoms with Gasteiger partial charge in [-0.2, -0.15) is 0 Å². The molecule has 1 aromatic rings. The van der Waals surface area contributed by atoms with Gasteiger partial charge in [0.25, 0.3) is 6.43 Å². The van der Waals surface area contributed by atoms with Gasteiger partial charge in [-0.15, -0.1) is 16.7 Å². The molecule has 6 heteroatoms. The lowest BCUT2D eigenvalue weighted by molar-refractivity contribution is 0.133. The van der Waals surface area contributed by atoms with Crippen molar-refractivity contribution in [1.29, 1.82) is 0 Å². The lowest BCUT2D eigenvalue weighted by Gasteiger charge is -2.17. The minimum Gasteiger partial charge on any atom is -0.240 e. The zero-order valence-corrected chi connectivity index (χ0v) is 9.67. The lowest BCUT2D eigenvalue weighted by atomic mass is 10.1. The average Bonchev–Trinajstić information content (AvgIpc) is 2.59. The van der Waals surface area contributed by atoms with Gasteiger partial charge in [-0.05, 0) is 12.8 Å². The van der Waals surface area contributed by atoms with Crippen LogP contribution in [0.1, 0.15) is 44.6 Å². The van der Waals surface area contributed by atoms with Crippen molar-refractivity contribution in [3.8, 4) is 0 Å². The van der Waals surface area contributed by atoms with Crippen LogP contribution in [0.15, 0.2) is 0 Å².